The Morgan fingerprint density at radius 1 is 0.825 bits per heavy atom. The molecule has 2 atom stereocenters. The summed E-state index contributed by atoms with van der Waals surface area (Å²) in [5.74, 6) is -2.22. The molecule has 0 saturated carbocycles. The first-order valence-electron chi connectivity index (χ1n) is 13.3. The SMILES string of the molecule is COC(=O)c1ccc(N=CC23c4ccccc4C(c4ccccc42)C2C(=O)N(c4ccc(C)cc4)C(=O)C23)cc1. The third-order valence-electron chi connectivity index (χ3n) is 8.68. The summed E-state index contributed by atoms with van der Waals surface area (Å²) in [4.78, 5) is 46.8. The van der Waals surface area contributed by atoms with Gasteiger partial charge in [-0.05, 0) is 65.6 Å². The van der Waals surface area contributed by atoms with Gasteiger partial charge in [0, 0.05) is 12.1 Å². The van der Waals surface area contributed by atoms with Crippen molar-refractivity contribution in [3.63, 3.8) is 0 Å². The fourth-order valence-corrected chi connectivity index (χ4v) is 6.98. The van der Waals surface area contributed by atoms with Gasteiger partial charge in [-0.25, -0.2) is 9.69 Å². The van der Waals surface area contributed by atoms with Crippen molar-refractivity contribution in [3.8, 4) is 0 Å². The molecule has 3 aliphatic carbocycles. The summed E-state index contributed by atoms with van der Waals surface area (Å²) >= 11 is 0. The molecular formula is C34H26N2O4. The number of aryl methyl sites for hydroxylation is 1. The van der Waals surface area contributed by atoms with Gasteiger partial charge >= 0.3 is 5.97 Å². The third-order valence-corrected chi connectivity index (χ3v) is 8.68. The van der Waals surface area contributed by atoms with Gasteiger partial charge in [0.25, 0.3) is 0 Å². The summed E-state index contributed by atoms with van der Waals surface area (Å²) < 4.78 is 4.82. The number of methoxy groups -OCH3 is 1. The summed E-state index contributed by atoms with van der Waals surface area (Å²) in [6.45, 7) is 1.98. The van der Waals surface area contributed by atoms with Crippen molar-refractivity contribution in [3.05, 3.63) is 130 Å². The quantitative estimate of drug-likeness (QED) is 0.193. The van der Waals surface area contributed by atoms with Crippen LogP contribution in [0.2, 0.25) is 0 Å². The summed E-state index contributed by atoms with van der Waals surface area (Å²) in [5.41, 5.74) is 5.88. The molecule has 1 heterocycles. The van der Waals surface area contributed by atoms with E-state index >= 15 is 0 Å². The monoisotopic (exact) mass is 526 g/mol. The first-order chi connectivity index (χ1) is 19.5. The zero-order valence-corrected chi connectivity index (χ0v) is 22.1. The molecule has 1 fully saturated rings. The Kier molecular flexibility index (Phi) is 5.36. The fraction of sp³-hybridized carbons (Fsp3) is 0.176. The van der Waals surface area contributed by atoms with Crippen LogP contribution in [0.1, 0.15) is 44.1 Å². The Morgan fingerprint density at radius 2 is 1.43 bits per heavy atom. The molecule has 4 aliphatic rings. The second kappa shape index (κ2) is 8.85. The van der Waals surface area contributed by atoms with Crippen molar-refractivity contribution in [2.75, 3.05) is 12.0 Å². The van der Waals surface area contributed by atoms with Gasteiger partial charge in [0.05, 0.1) is 41.3 Å². The smallest absolute Gasteiger partial charge is 0.337 e. The molecule has 2 amide bonds. The molecule has 4 aromatic rings. The van der Waals surface area contributed by atoms with E-state index in [-0.39, 0.29) is 17.7 Å². The van der Waals surface area contributed by atoms with Crippen LogP contribution in [0.5, 0.6) is 0 Å². The van der Waals surface area contributed by atoms with Crippen molar-refractivity contribution >= 4 is 35.4 Å². The number of anilines is 1. The Morgan fingerprint density at radius 3 is 2.02 bits per heavy atom. The molecule has 0 N–H and O–H groups in total. The highest BCUT2D eigenvalue weighted by molar-refractivity contribution is 6.25. The van der Waals surface area contributed by atoms with E-state index in [2.05, 4.69) is 24.3 Å². The molecule has 8 rings (SSSR count). The van der Waals surface area contributed by atoms with Crippen LogP contribution in [-0.2, 0) is 19.7 Å². The highest BCUT2D eigenvalue weighted by Gasteiger charge is 2.67. The van der Waals surface area contributed by atoms with Crippen LogP contribution in [0, 0.1) is 18.8 Å². The van der Waals surface area contributed by atoms with E-state index in [4.69, 9.17) is 9.73 Å². The number of carbonyl (C=O) groups is 3. The summed E-state index contributed by atoms with van der Waals surface area (Å²) in [7, 11) is 1.35. The van der Waals surface area contributed by atoms with Gasteiger partial charge in [0.15, 0.2) is 0 Å². The van der Waals surface area contributed by atoms with Crippen LogP contribution in [0.3, 0.4) is 0 Å². The molecule has 2 unspecified atom stereocenters. The van der Waals surface area contributed by atoms with Crippen LogP contribution >= 0.6 is 0 Å². The maximum atomic E-state index is 14.4. The number of hydrogen-bond donors (Lipinski definition) is 0. The number of hydrogen-bond acceptors (Lipinski definition) is 5. The molecule has 4 aromatic carbocycles. The van der Waals surface area contributed by atoms with Crippen LogP contribution in [0.25, 0.3) is 0 Å². The van der Waals surface area contributed by atoms with Crippen LogP contribution in [0.4, 0.5) is 11.4 Å². The number of benzene rings is 4. The second-order valence-electron chi connectivity index (χ2n) is 10.7. The number of carbonyl (C=O) groups excluding carboxylic acids is 3. The molecule has 1 aliphatic heterocycles. The highest BCUT2D eigenvalue weighted by Crippen LogP contribution is 2.63. The molecule has 2 bridgehead atoms. The van der Waals surface area contributed by atoms with Crippen molar-refractivity contribution < 1.29 is 19.1 Å². The van der Waals surface area contributed by atoms with E-state index in [1.165, 1.54) is 12.0 Å². The van der Waals surface area contributed by atoms with E-state index in [0.29, 0.717) is 16.9 Å². The summed E-state index contributed by atoms with van der Waals surface area (Å²) in [5, 5.41) is 0. The average Bonchev–Trinajstić information content (AvgIpc) is 3.27. The van der Waals surface area contributed by atoms with Gasteiger partial charge in [0.2, 0.25) is 11.8 Å². The minimum absolute atomic E-state index is 0.173. The minimum atomic E-state index is -0.945. The summed E-state index contributed by atoms with van der Waals surface area (Å²) in [6.07, 6.45) is 1.86. The molecule has 196 valence electrons. The Balaban J connectivity index is 1.44. The van der Waals surface area contributed by atoms with Crippen LogP contribution < -0.4 is 4.90 Å². The number of esters is 1. The fourth-order valence-electron chi connectivity index (χ4n) is 6.98. The molecule has 0 spiro atoms. The van der Waals surface area contributed by atoms with Crippen molar-refractivity contribution in [1.29, 1.82) is 0 Å². The van der Waals surface area contributed by atoms with Gasteiger partial charge in [-0.15, -0.1) is 0 Å². The molecule has 1 saturated heterocycles. The molecule has 0 radical (unpaired) electrons. The van der Waals surface area contributed by atoms with Crippen LogP contribution in [0.15, 0.2) is 102 Å². The summed E-state index contributed by atoms with van der Waals surface area (Å²) in [6, 6.07) is 30.6. The Bertz CT molecular complexity index is 1670. The van der Waals surface area contributed by atoms with E-state index < -0.39 is 23.2 Å². The first kappa shape index (κ1) is 24.2. The molecule has 6 nitrogen and oxygen atoms in total. The number of aliphatic imine (C=N–C) groups is 1. The standard InChI is InChI=1S/C34H26N2O4/c1-20-11-17-23(18-12-20)36-31(37)29-28-24-7-3-5-9-26(24)34(30(29)32(36)38,27-10-6-4-8-25(27)28)19-35-22-15-13-21(14-16-22)33(39)40-2/h3-19,28-30H,1-2H3. The number of amides is 2. The first-order valence-corrected chi connectivity index (χ1v) is 13.3. The Labute approximate surface area is 231 Å². The van der Waals surface area contributed by atoms with Gasteiger partial charge in [-0.2, -0.15) is 0 Å². The van der Waals surface area contributed by atoms with Crippen molar-refractivity contribution in [1.82, 2.24) is 0 Å². The molecular weight excluding hydrogens is 500 g/mol. The van der Waals surface area contributed by atoms with Gasteiger partial charge in [-0.3, -0.25) is 14.6 Å². The lowest BCUT2D eigenvalue weighted by Gasteiger charge is -2.52. The van der Waals surface area contributed by atoms with E-state index in [9.17, 15) is 14.4 Å². The number of ether oxygens (including phenoxy) is 1. The zero-order valence-electron chi connectivity index (χ0n) is 22.1. The zero-order chi connectivity index (χ0) is 27.6. The van der Waals surface area contributed by atoms with E-state index in [1.807, 2.05) is 61.7 Å². The van der Waals surface area contributed by atoms with Gasteiger partial charge < -0.3 is 4.74 Å². The Hall–Kier alpha value is -4.84. The topological polar surface area (TPSA) is 76.0 Å². The molecule has 6 heteroatoms. The largest absolute Gasteiger partial charge is 0.465 e. The number of nitrogens with zero attached hydrogens (tertiary/aromatic N) is 2. The predicted molar refractivity (Wildman–Crippen MR) is 152 cm³/mol. The van der Waals surface area contributed by atoms with Crippen molar-refractivity contribution in [2.45, 2.75) is 18.3 Å². The lowest BCUT2D eigenvalue weighted by atomic mass is 9.47. The van der Waals surface area contributed by atoms with Crippen LogP contribution in [-0.4, -0.2) is 31.1 Å². The number of imide groups is 1. The molecule has 40 heavy (non-hydrogen) atoms. The van der Waals surface area contributed by atoms with Gasteiger partial charge in [0.1, 0.15) is 0 Å². The molecule has 0 aromatic heterocycles. The third kappa shape index (κ3) is 3.22. The average molecular weight is 527 g/mol. The minimum Gasteiger partial charge on any atom is -0.465 e. The lowest BCUT2D eigenvalue weighted by Crippen LogP contribution is -2.54. The highest BCUT2D eigenvalue weighted by atomic mass is 16.5. The lowest BCUT2D eigenvalue weighted by molar-refractivity contribution is -0.122. The number of rotatable bonds is 4. The van der Waals surface area contributed by atoms with E-state index in [0.717, 1.165) is 27.8 Å². The second-order valence-corrected chi connectivity index (χ2v) is 10.7. The maximum Gasteiger partial charge on any atom is 0.337 e. The maximum absolute atomic E-state index is 14.4. The van der Waals surface area contributed by atoms with Gasteiger partial charge in [-0.1, -0.05) is 66.2 Å². The predicted octanol–water partition coefficient (Wildman–Crippen LogP) is 5.73. The normalized spacial score (nSPS) is 24.1. The van der Waals surface area contributed by atoms with Crippen molar-refractivity contribution in [2.24, 2.45) is 16.8 Å². The van der Waals surface area contributed by atoms with E-state index in [1.54, 1.807) is 24.3 Å².